The minimum absolute atomic E-state index is 0.0594. The Morgan fingerprint density at radius 1 is 0.920 bits per heavy atom. The molecule has 3 aromatic rings. The van der Waals surface area contributed by atoms with Gasteiger partial charge in [0.25, 0.3) is 5.56 Å². The van der Waals surface area contributed by atoms with Gasteiger partial charge in [-0.25, -0.2) is 21.8 Å². The van der Waals surface area contributed by atoms with Gasteiger partial charge in [-0.15, -0.1) is 0 Å². The Labute approximate surface area is 144 Å². The van der Waals surface area contributed by atoms with E-state index in [4.69, 9.17) is 0 Å². The number of hydrogen-bond donors (Lipinski definition) is 1. The minimum atomic E-state index is -3.76. The summed E-state index contributed by atoms with van der Waals surface area (Å²) in [5.74, 6) is 0.0594. The minimum Gasteiger partial charge on any atom is -0.306 e. The second-order valence-electron chi connectivity index (χ2n) is 5.63. The molecule has 7 nitrogen and oxygen atoms in total. The van der Waals surface area contributed by atoms with Crippen LogP contribution in [0.4, 0.5) is 0 Å². The van der Waals surface area contributed by atoms with E-state index in [0.717, 1.165) is 18.6 Å². The van der Waals surface area contributed by atoms with Crippen LogP contribution in [0.25, 0.3) is 22.3 Å². The van der Waals surface area contributed by atoms with E-state index in [9.17, 15) is 21.6 Å². The summed E-state index contributed by atoms with van der Waals surface area (Å²) in [6.45, 7) is 0. The van der Waals surface area contributed by atoms with Gasteiger partial charge >= 0.3 is 0 Å². The molecule has 25 heavy (non-hydrogen) atoms. The molecule has 1 N–H and O–H groups in total. The molecule has 0 saturated carbocycles. The molecule has 9 heteroatoms. The van der Waals surface area contributed by atoms with E-state index in [-0.39, 0.29) is 21.2 Å². The normalized spacial score (nSPS) is 12.4. The second kappa shape index (κ2) is 5.78. The first-order chi connectivity index (χ1) is 11.6. The predicted molar refractivity (Wildman–Crippen MR) is 94.0 cm³/mol. The van der Waals surface area contributed by atoms with E-state index in [1.807, 2.05) is 0 Å². The lowest BCUT2D eigenvalue weighted by molar-refractivity contribution is 0.600. The Kier molecular flexibility index (Phi) is 4.00. The number of H-pyrrole nitrogens is 1. The van der Waals surface area contributed by atoms with Crippen LogP contribution in [0.3, 0.4) is 0 Å². The molecular formula is C16H14N2O5S2. The van der Waals surface area contributed by atoms with Crippen LogP contribution >= 0.6 is 0 Å². The first-order valence-corrected chi connectivity index (χ1v) is 10.9. The van der Waals surface area contributed by atoms with Gasteiger partial charge in [0, 0.05) is 18.1 Å². The zero-order valence-corrected chi connectivity index (χ0v) is 15.0. The van der Waals surface area contributed by atoms with Crippen molar-refractivity contribution in [1.29, 1.82) is 0 Å². The van der Waals surface area contributed by atoms with Crippen LogP contribution in [0.2, 0.25) is 0 Å². The van der Waals surface area contributed by atoms with Crippen LogP contribution in [0.15, 0.2) is 57.1 Å². The van der Waals surface area contributed by atoms with E-state index in [1.54, 1.807) is 24.3 Å². The van der Waals surface area contributed by atoms with Crippen LogP contribution in [-0.4, -0.2) is 39.3 Å². The smallest absolute Gasteiger partial charge is 0.259 e. The average Bonchev–Trinajstić information content (AvgIpc) is 2.52. The van der Waals surface area contributed by atoms with E-state index in [2.05, 4.69) is 9.97 Å². The first kappa shape index (κ1) is 17.3. The first-order valence-electron chi connectivity index (χ1n) is 7.11. The number of hydrogen-bond acceptors (Lipinski definition) is 6. The van der Waals surface area contributed by atoms with Gasteiger partial charge in [-0.1, -0.05) is 12.1 Å². The maximum Gasteiger partial charge on any atom is 0.259 e. The molecule has 0 unspecified atom stereocenters. The highest BCUT2D eigenvalue weighted by molar-refractivity contribution is 7.91. The molecule has 130 valence electrons. The molecule has 0 aliphatic heterocycles. The molecule has 0 atom stereocenters. The summed E-state index contributed by atoms with van der Waals surface area (Å²) >= 11 is 0. The van der Waals surface area contributed by atoms with E-state index < -0.39 is 25.2 Å². The lowest BCUT2D eigenvalue weighted by atomic mass is 10.2. The van der Waals surface area contributed by atoms with Crippen molar-refractivity contribution in [3.05, 3.63) is 52.8 Å². The number of aromatic nitrogens is 2. The van der Waals surface area contributed by atoms with Crippen molar-refractivity contribution in [3.8, 4) is 11.4 Å². The van der Waals surface area contributed by atoms with E-state index in [0.29, 0.717) is 10.9 Å². The quantitative estimate of drug-likeness (QED) is 0.737. The third-order valence-corrected chi connectivity index (χ3v) is 5.90. The molecular weight excluding hydrogens is 364 g/mol. The average molecular weight is 378 g/mol. The molecule has 2 aromatic carbocycles. The van der Waals surface area contributed by atoms with Gasteiger partial charge in [-0.2, -0.15) is 0 Å². The summed E-state index contributed by atoms with van der Waals surface area (Å²) in [4.78, 5) is 18.7. The molecule has 0 aliphatic rings. The molecule has 0 fully saturated rings. The summed E-state index contributed by atoms with van der Waals surface area (Å²) in [6.07, 6.45) is 1.96. The van der Waals surface area contributed by atoms with Gasteiger partial charge in [0.05, 0.1) is 20.7 Å². The van der Waals surface area contributed by atoms with Crippen molar-refractivity contribution < 1.29 is 16.8 Å². The summed E-state index contributed by atoms with van der Waals surface area (Å²) in [7, 11) is -7.34. The van der Waals surface area contributed by atoms with Crippen LogP contribution in [0.5, 0.6) is 0 Å². The van der Waals surface area contributed by atoms with Crippen molar-refractivity contribution >= 4 is 30.6 Å². The van der Waals surface area contributed by atoms with E-state index >= 15 is 0 Å². The van der Waals surface area contributed by atoms with Crippen molar-refractivity contribution in [2.45, 2.75) is 9.79 Å². The second-order valence-corrected chi connectivity index (χ2v) is 9.63. The molecule has 0 saturated heterocycles. The lowest BCUT2D eigenvalue weighted by Gasteiger charge is -2.10. The molecule has 0 amide bonds. The Bertz CT molecular complexity index is 1260. The van der Waals surface area contributed by atoms with Gasteiger partial charge in [-0.3, -0.25) is 4.79 Å². The Hall–Kier alpha value is -2.52. The third kappa shape index (κ3) is 3.33. The van der Waals surface area contributed by atoms with Crippen molar-refractivity contribution in [2.75, 3.05) is 12.5 Å². The zero-order valence-electron chi connectivity index (χ0n) is 13.3. The number of benzene rings is 2. The molecule has 1 aromatic heterocycles. The standard InChI is InChI=1S/C16H14N2O5S2/c1-24(20,21)10-7-8-12(14(9-10)25(2,22)23)15-17-13-6-4-3-5-11(13)16(19)18-15/h3-9H,1-2H3,(H,17,18,19). The highest BCUT2D eigenvalue weighted by atomic mass is 32.2. The van der Waals surface area contributed by atoms with Gasteiger partial charge in [0.15, 0.2) is 19.7 Å². The monoisotopic (exact) mass is 378 g/mol. The Balaban J connectivity index is 2.36. The maximum absolute atomic E-state index is 12.2. The van der Waals surface area contributed by atoms with Gasteiger partial charge in [0.2, 0.25) is 0 Å². The van der Waals surface area contributed by atoms with Gasteiger partial charge < -0.3 is 4.98 Å². The fourth-order valence-corrected chi connectivity index (χ4v) is 4.08. The SMILES string of the molecule is CS(=O)(=O)c1ccc(-c2nc3ccccc3c(=O)[nH]2)c(S(C)(=O)=O)c1. The predicted octanol–water partition coefficient (Wildman–Crippen LogP) is 1.40. The van der Waals surface area contributed by atoms with Crippen molar-refractivity contribution in [1.82, 2.24) is 9.97 Å². The Morgan fingerprint density at radius 3 is 2.24 bits per heavy atom. The van der Waals surface area contributed by atoms with Crippen LogP contribution in [0.1, 0.15) is 0 Å². The highest BCUT2D eigenvalue weighted by Gasteiger charge is 2.20. The topological polar surface area (TPSA) is 114 Å². The number of aromatic amines is 1. The fraction of sp³-hybridized carbons (Fsp3) is 0.125. The van der Waals surface area contributed by atoms with Gasteiger partial charge in [0.1, 0.15) is 5.82 Å². The van der Waals surface area contributed by atoms with Crippen molar-refractivity contribution in [3.63, 3.8) is 0 Å². The van der Waals surface area contributed by atoms with Crippen LogP contribution in [-0.2, 0) is 19.7 Å². The molecule has 3 rings (SSSR count). The number of rotatable bonds is 3. The van der Waals surface area contributed by atoms with Crippen molar-refractivity contribution in [2.24, 2.45) is 0 Å². The molecule has 0 radical (unpaired) electrons. The summed E-state index contributed by atoms with van der Waals surface area (Å²) in [6, 6.07) is 10.3. The summed E-state index contributed by atoms with van der Waals surface area (Å²) in [5, 5.41) is 0.375. The molecule has 0 aliphatic carbocycles. The number of para-hydroxylation sites is 1. The lowest BCUT2D eigenvalue weighted by Crippen LogP contribution is -2.11. The van der Waals surface area contributed by atoms with Crippen LogP contribution in [0, 0.1) is 0 Å². The zero-order chi connectivity index (χ0) is 18.4. The third-order valence-electron chi connectivity index (χ3n) is 3.65. The summed E-state index contributed by atoms with van der Waals surface area (Å²) in [5.41, 5.74) is 0.137. The number of nitrogens with one attached hydrogen (secondary N) is 1. The maximum atomic E-state index is 12.2. The summed E-state index contributed by atoms with van der Waals surface area (Å²) < 4.78 is 47.7. The highest BCUT2D eigenvalue weighted by Crippen LogP contribution is 2.27. The van der Waals surface area contributed by atoms with Gasteiger partial charge in [-0.05, 0) is 30.3 Å². The molecule has 1 heterocycles. The number of nitrogens with zero attached hydrogens (tertiary/aromatic N) is 1. The van der Waals surface area contributed by atoms with E-state index in [1.165, 1.54) is 12.1 Å². The Morgan fingerprint density at radius 2 is 1.60 bits per heavy atom. The van der Waals surface area contributed by atoms with Crippen LogP contribution < -0.4 is 5.56 Å². The number of fused-ring (bicyclic) bond motifs is 1. The number of sulfone groups is 2. The molecule has 0 spiro atoms. The largest absolute Gasteiger partial charge is 0.306 e. The molecule has 0 bridgehead atoms. The fourth-order valence-electron chi connectivity index (χ4n) is 2.45.